The Morgan fingerprint density at radius 2 is 2.05 bits per heavy atom. The van der Waals surface area contributed by atoms with Crippen molar-refractivity contribution in [3.05, 3.63) is 18.2 Å². The number of methoxy groups -OCH3 is 1. The number of aliphatic imine (C=N–C) groups is 1. The number of hydrogen-bond donors (Lipinski definition) is 2. The van der Waals surface area contributed by atoms with Crippen molar-refractivity contribution >= 4 is 17.3 Å². The molecule has 1 saturated carbocycles. The number of anilines is 1. The van der Waals surface area contributed by atoms with E-state index in [1.165, 1.54) is 25.7 Å². The Bertz CT molecular complexity index is 556. The number of nitrogens with zero attached hydrogens (tertiary/aromatic N) is 1. The second-order valence-corrected chi connectivity index (χ2v) is 6.66. The predicted molar refractivity (Wildman–Crippen MR) is 90.5 cm³/mol. The molecule has 3 atom stereocenters. The fourth-order valence-corrected chi connectivity index (χ4v) is 3.24. The molecule has 1 aromatic carbocycles. The van der Waals surface area contributed by atoms with E-state index in [9.17, 15) is 5.11 Å². The maximum atomic E-state index is 10.1. The number of rotatable bonds is 7. The van der Waals surface area contributed by atoms with Crippen LogP contribution < -0.4 is 10.1 Å². The SMILES string of the molecule is COc1ccc2c(c1)N=C(O)C(CCCCCC1CC1C)N2. The molecule has 0 amide bonds. The van der Waals surface area contributed by atoms with Crippen LogP contribution >= 0.6 is 0 Å². The number of ether oxygens (including phenoxy) is 1. The molecule has 0 saturated heterocycles. The molecule has 120 valence electrons. The maximum Gasteiger partial charge on any atom is 0.209 e. The predicted octanol–water partition coefficient (Wildman–Crippen LogP) is 4.68. The normalized spacial score (nSPS) is 25.9. The fourth-order valence-electron chi connectivity index (χ4n) is 3.24. The highest BCUT2D eigenvalue weighted by Gasteiger charge is 2.31. The number of unbranched alkanes of at least 4 members (excludes halogenated alkanes) is 2. The molecule has 1 heterocycles. The van der Waals surface area contributed by atoms with E-state index in [1.54, 1.807) is 7.11 Å². The van der Waals surface area contributed by atoms with Crippen molar-refractivity contribution in [3.63, 3.8) is 0 Å². The summed E-state index contributed by atoms with van der Waals surface area (Å²) in [5, 5.41) is 13.5. The van der Waals surface area contributed by atoms with Crippen LogP contribution in [0.4, 0.5) is 11.4 Å². The summed E-state index contributed by atoms with van der Waals surface area (Å²) in [7, 11) is 1.63. The van der Waals surface area contributed by atoms with Gasteiger partial charge in [0.1, 0.15) is 11.8 Å². The van der Waals surface area contributed by atoms with Gasteiger partial charge in [-0.3, -0.25) is 0 Å². The van der Waals surface area contributed by atoms with Gasteiger partial charge in [-0.2, -0.15) is 0 Å². The number of benzene rings is 1. The van der Waals surface area contributed by atoms with E-state index in [1.807, 2.05) is 18.2 Å². The summed E-state index contributed by atoms with van der Waals surface area (Å²) in [6.45, 7) is 2.34. The number of fused-ring (bicyclic) bond motifs is 1. The largest absolute Gasteiger partial charge is 0.497 e. The van der Waals surface area contributed by atoms with Crippen molar-refractivity contribution in [2.24, 2.45) is 16.8 Å². The summed E-state index contributed by atoms with van der Waals surface area (Å²) in [6.07, 6.45) is 7.42. The smallest absolute Gasteiger partial charge is 0.209 e. The van der Waals surface area contributed by atoms with Crippen LogP contribution in [-0.2, 0) is 0 Å². The fraction of sp³-hybridized carbons (Fsp3) is 0.611. The minimum absolute atomic E-state index is 0.0549. The van der Waals surface area contributed by atoms with Crippen LogP contribution in [-0.4, -0.2) is 24.2 Å². The van der Waals surface area contributed by atoms with Gasteiger partial charge in [0.15, 0.2) is 0 Å². The van der Waals surface area contributed by atoms with Gasteiger partial charge >= 0.3 is 0 Å². The molecule has 2 N–H and O–H groups in total. The minimum atomic E-state index is -0.0549. The van der Waals surface area contributed by atoms with E-state index < -0.39 is 0 Å². The summed E-state index contributed by atoms with van der Waals surface area (Å²) in [5.74, 6) is 2.90. The van der Waals surface area contributed by atoms with Crippen molar-refractivity contribution in [1.82, 2.24) is 0 Å². The first kappa shape index (κ1) is 15.2. The van der Waals surface area contributed by atoms with Crippen LogP contribution in [0, 0.1) is 11.8 Å². The lowest BCUT2D eigenvalue weighted by atomic mass is 10.0. The Morgan fingerprint density at radius 1 is 1.27 bits per heavy atom. The molecule has 1 aromatic rings. The van der Waals surface area contributed by atoms with Crippen LogP contribution in [0.5, 0.6) is 5.75 Å². The zero-order chi connectivity index (χ0) is 15.5. The third kappa shape index (κ3) is 3.54. The molecule has 3 unspecified atom stereocenters. The van der Waals surface area contributed by atoms with Crippen LogP contribution in [0.2, 0.25) is 0 Å². The van der Waals surface area contributed by atoms with Crippen LogP contribution in [0.15, 0.2) is 23.2 Å². The zero-order valence-electron chi connectivity index (χ0n) is 13.5. The number of nitrogens with one attached hydrogen (secondary N) is 1. The van der Waals surface area contributed by atoms with Gasteiger partial charge in [0.05, 0.1) is 18.5 Å². The second-order valence-electron chi connectivity index (χ2n) is 6.66. The van der Waals surface area contributed by atoms with Crippen molar-refractivity contribution < 1.29 is 9.84 Å². The molecular formula is C18H26N2O2. The molecule has 1 aliphatic heterocycles. The molecule has 22 heavy (non-hydrogen) atoms. The van der Waals surface area contributed by atoms with Crippen LogP contribution in [0.3, 0.4) is 0 Å². The first-order valence-electron chi connectivity index (χ1n) is 8.39. The quantitative estimate of drug-likeness (QED) is 0.719. The maximum absolute atomic E-state index is 10.1. The minimum Gasteiger partial charge on any atom is -0.497 e. The Balaban J connectivity index is 1.47. The molecule has 4 heteroatoms. The number of aliphatic hydroxyl groups is 1. The summed E-state index contributed by atoms with van der Waals surface area (Å²) < 4.78 is 5.19. The van der Waals surface area contributed by atoms with Gasteiger partial charge in [-0.15, -0.1) is 0 Å². The standard InChI is InChI=1S/C18H26N2O2/c1-12-10-13(12)6-4-3-5-7-16-18(21)20-17-11-14(22-2)8-9-15(17)19-16/h8-9,11-13,16,19H,3-7,10H2,1-2H3,(H,20,21). The molecule has 0 bridgehead atoms. The third-order valence-electron chi connectivity index (χ3n) is 4.93. The lowest BCUT2D eigenvalue weighted by Crippen LogP contribution is -2.31. The zero-order valence-corrected chi connectivity index (χ0v) is 13.5. The van der Waals surface area contributed by atoms with Crippen LogP contribution in [0.1, 0.15) is 45.4 Å². The van der Waals surface area contributed by atoms with E-state index in [0.717, 1.165) is 41.8 Å². The molecule has 1 fully saturated rings. The van der Waals surface area contributed by atoms with Gasteiger partial charge < -0.3 is 15.2 Å². The monoisotopic (exact) mass is 302 g/mol. The molecular weight excluding hydrogens is 276 g/mol. The Hall–Kier alpha value is -1.71. The Morgan fingerprint density at radius 3 is 2.77 bits per heavy atom. The summed E-state index contributed by atoms with van der Waals surface area (Å²) in [5.41, 5.74) is 1.71. The molecule has 2 aliphatic rings. The lowest BCUT2D eigenvalue weighted by molar-refractivity contribution is 0.415. The van der Waals surface area contributed by atoms with E-state index in [-0.39, 0.29) is 11.9 Å². The van der Waals surface area contributed by atoms with Gasteiger partial charge in [0, 0.05) is 6.07 Å². The molecule has 1 aliphatic carbocycles. The average Bonchev–Trinajstić information content (AvgIpc) is 3.22. The molecule has 0 aromatic heterocycles. The first-order chi connectivity index (χ1) is 10.7. The van der Waals surface area contributed by atoms with Crippen LogP contribution in [0.25, 0.3) is 0 Å². The van der Waals surface area contributed by atoms with E-state index in [0.29, 0.717) is 0 Å². The van der Waals surface area contributed by atoms with Crippen molar-refractivity contribution in [1.29, 1.82) is 0 Å². The van der Waals surface area contributed by atoms with E-state index >= 15 is 0 Å². The summed E-state index contributed by atoms with van der Waals surface area (Å²) in [4.78, 5) is 4.31. The van der Waals surface area contributed by atoms with Gasteiger partial charge in [-0.1, -0.05) is 32.6 Å². The van der Waals surface area contributed by atoms with E-state index in [4.69, 9.17) is 4.74 Å². The van der Waals surface area contributed by atoms with Crippen molar-refractivity contribution in [3.8, 4) is 5.75 Å². The van der Waals surface area contributed by atoms with Gasteiger partial charge in [-0.25, -0.2) is 4.99 Å². The van der Waals surface area contributed by atoms with E-state index in [2.05, 4.69) is 17.2 Å². The third-order valence-corrected chi connectivity index (χ3v) is 4.93. The Kier molecular flexibility index (Phi) is 4.55. The highest BCUT2D eigenvalue weighted by atomic mass is 16.5. The second kappa shape index (κ2) is 6.59. The molecule has 0 radical (unpaired) electrons. The Labute approximate surface area is 132 Å². The van der Waals surface area contributed by atoms with Gasteiger partial charge in [-0.05, 0) is 36.8 Å². The molecule has 3 rings (SSSR count). The summed E-state index contributed by atoms with van der Waals surface area (Å²) >= 11 is 0. The lowest BCUT2D eigenvalue weighted by Gasteiger charge is -2.24. The van der Waals surface area contributed by atoms with Gasteiger partial charge in [0.2, 0.25) is 5.90 Å². The number of hydrogen-bond acceptors (Lipinski definition) is 3. The first-order valence-corrected chi connectivity index (χ1v) is 8.39. The average molecular weight is 302 g/mol. The van der Waals surface area contributed by atoms with Gasteiger partial charge in [0.25, 0.3) is 0 Å². The highest BCUT2D eigenvalue weighted by Crippen LogP contribution is 2.41. The van der Waals surface area contributed by atoms with Crippen molar-refractivity contribution in [2.75, 3.05) is 12.4 Å². The van der Waals surface area contributed by atoms with Crippen molar-refractivity contribution in [2.45, 2.75) is 51.5 Å². The number of aliphatic hydroxyl groups excluding tert-OH is 1. The summed E-state index contributed by atoms with van der Waals surface area (Å²) in [6, 6.07) is 5.66. The topological polar surface area (TPSA) is 53.9 Å². The molecule has 4 nitrogen and oxygen atoms in total. The molecule has 0 spiro atoms. The highest BCUT2D eigenvalue weighted by molar-refractivity contribution is 5.91.